The number of carboxylic acid groups (broad SMARTS) is 1. The van der Waals surface area contributed by atoms with Crippen molar-refractivity contribution in [2.24, 2.45) is 0 Å². The lowest BCUT2D eigenvalue weighted by atomic mass is 9.90. The third kappa shape index (κ3) is 3.45. The third-order valence-corrected chi connectivity index (χ3v) is 3.78. The number of rotatable bonds is 4. The molecule has 1 unspecified atom stereocenters. The maximum atomic E-state index is 12.5. The SMILES string of the molecule is COc1ccc(CN2CCCC(C)(NC(=O)O)C2=O)cc1. The molecule has 0 spiro atoms. The first-order chi connectivity index (χ1) is 9.94. The van der Waals surface area contributed by atoms with E-state index in [1.54, 1.807) is 18.9 Å². The molecular formula is C15H20N2O4. The number of hydrogen-bond donors (Lipinski definition) is 2. The van der Waals surface area contributed by atoms with E-state index in [4.69, 9.17) is 9.84 Å². The van der Waals surface area contributed by atoms with Crippen LogP contribution in [0.2, 0.25) is 0 Å². The molecule has 1 saturated heterocycles. The van der Waals surface area contributed by atoms with E-state index in [2.05, 4.69) is 5.32 Å². The van der Waals surface area contributed by atoms with Crippen LogP contribution in [0.3, 0.4) is 0 Å². The molecule has 21 heavy (non-hydrogen) atoms. The Morgan fingerprint density at radius 1 is 1.43 bits per heavy atom. The summed E-state index contributed by atoms with van der Waals surface area (Å²) in [5.41, 5.74) is -0.0416. The Bertz CT molecular complexity index is 529. The molecule has 1 fully saturated rings. The molecule has 0 saturated carbocycles. The predicted molar refractivity (Wildman–Crippen MR) is 77.2 cm³/mol. The van der Waals surface area contributed by atoms with Crippen molar-refractivity contribution in [3.63, 3.8) is 0 Å². The fourth-order valence-electron chi connectivity index (χ4n) is 2.64. The first-order valence-electron chi connectivity index (χ1n) is 6.88. The van der Waals surface area contributed by atoms with Gasteiger partial charge in [-0.3, -0.25) is 4.79 Å². The zero-order chi connectivity index (χ0) is 15.5. The number of methoxy groups -OCH3 is 1. The average Bonchev–Trinajstić information content (AvgIpc) is 2.44. The van der Waals surface area contributed by atoms with Crippen molar-refractivity contribution in [2.75, 3.05) is 13.7 Å². The molecule has 0 bridgehead atoms. The van der Waals surface area contributed by atoms with E-state index in [-0.39, 0.29) is 5.91 Å². The molecule has 0 aliphatic carbocycles. The summed E-state index contributed by atoms with van der Waals surface area (Å²) >= 11 is 0. The van der Waals surface area contributed by atoms with E-state index in [1.807, 2.05) is 24.3 Å². The van der Waals surface area contributed by atoms with Gasteiger partial charge in [0.2, 0.25) is 5.91 Å². The minimum atomic E-state index is -1.17. The predicted octanol–water partition coefficient (Wildman–Crippen LogP) is 1.84. The quantitative estimate of drug-likeness (QED) is 0.887. The van der Waals surface area contributed by atoms with Crippen molar-refractivity contribution in [3.05, 3.63) is 29.8 Å². The largest absolute Gasteiger partial charge is 0.497 e. The van der Waals surface area contributed by atoms with Gasteiger partial charge in [0, 0.05) is 13.1 Å². The van der Waals surface area contributed by atoms with Gasteiger partial charge in [-0.05, 0) is 37.5 Å². The number of likely N-dealkylation sites (tertiary alicyclic amines) is 1. The molecule has 114 valence electrons. The van der Waals surface area contributed by atoms with E-state index < -0.39 is 11.6 Å². The van der Waals surface area contributed by atoms with Gasteiger partial charge in [-0.2, -0.15) is 0 Å². The Balaban J connectivity index is 2.08. The van der Waals surface area contributed by atoms with Gasteiger partial charge in [0.1, 0.15) is 11.3 Å². The molecular weight excluding hydrogens is 272 g/mol. The minimum Gasteiger partial charge on any atom is -0.497 e. The highest BCUT2D eigenvalue weighted by Crippen LogP contribution is 2.24. The van der Waals surface area contributed by atoms with Crippen molar-refractivity contribution in [1.29, 1.82) is 0 Å². The van der Waals surface area contributed by atoms with Crippen LogP contribution < -0.4 is 10.1 Å². The summed E-state index contributed by atoms with van der Waals surface area (Å²) in [6.45, 7) is 2.76. The zero-order valence-corrected chi connectivity index (χ0v) is 12.3. The molecule has 2 rings (SSSR count). The van der Waals surface area contributed by atoms with Crippen molar-refractivity contribution in [1.82, 2.24) is 10.2 Å². The summed E-state index contributed by atoms with van der Waals surface area (Å²) in [5.74, 6) is 0.591. The number of hydrogen-bond acceptors (Lipinski definition) is 3. The maximum absolute atomic E-state index is 12.5. The third-order valence-electron chi connectivity index (χ3n) is 3.78. The Morgan fingerprint density at radius 3 is 2.67 bits per heavy atom. The molecule has 1 aromatic rings. The Morgan fingerprint density at radius 2 is 2.10 bits per heavy atom. The summed E-state index contributed by atoms with van der Waals surface area (Å²) in [7, 11) is 1.60. The molecule has 1 aromatic carbocycles. The van der Waals surface area contributed by atoms with Crippen LogP contribution in [0.5, 0.6) is 5.75 Å². The number of carbonyl (C=O) groups excluding carboxylic acids is 1. The first-order valence-corrected chi connectivity index (χ1v) is 6.88. The molecule has 2 amide bonds. The summed E-state index contributed by atoms with van der Waals surface area (Å²) in [6, 6.07) is 7.50. The van der Waals surface area contributed by atoms with Crippen molar-refractivity contribution in [3.8, 4) is 5.75 Å². The van der Waals surface area contributed by atoms with Crippen LogP contribution in [-0.4, -0.2) is 41.2 Å². The summed E-state index contributed by atoms with van der Waals surface area (Å²) in [4.78, 5) is 25.0. The summed E-state index contributed by atoms with van der Waals surface area (Å²) in [6.07, 6.45) is 0.132. The zero-order valence-electron chi connectivity index (χ0n) is 12.3. The van der Waals surface area contributed by atoms with Crippen molar-refractivity contribution >= 4 is 12.0 Å². The number of amides is 2. The average molecular weight is 292 g/mol. The van der Waals surface area contributed by atoms with Crippen LogP contribution in [0.15, 0.2) is 24.3 Å². The van der Waals surface area contributed by atoms with E-state index in [0.29, 0.717) is 19.5 Å². The normalized spacial score (nSPS) is 22.0. The van der Waals surface area contributed by atoms with Crippen molar-refractivity contribution < 1.29 is 19.4 Å². The molecule has 1 aliphatic rings. The van der Waals surface area contributed by atoms with E-state index in [9.17, 15) is 9.59 Å². The molecule has 1 aliphatic heterocycles. The molecule has 0 radical (unpaired) electrons. The highest BCUT2D eigenvalue weighted by molar-refractivity contribution is 5.89. The fraction of sp³-hybridized carbons (Fsp3) is 0.467. The van der Waals surface area contributed by atoms with Gasteiger partial charge in [-0.1, -0.05) is 12.1 Å². The second-order valence-electron chi connectivity index (χ2n) is 5.44. The van der Waals surface area contributed by atoms with E-state index in [1.165, 1.54) is 0 Å². The maximum Gasteiger partial charge on any atom is 0.405 e. The standard InChI is InChI=1S/C15H20N2O4/c1-15(16-14(19)20)8-3-9-17(13(15)18)10-11-4-6-12(21-2)7-5-11/h4-7,16H,3,8-10H2,1-2H3,(H,19,20). The number of ether oxygens (including phenoxy) is 1. The van der Waals surface area contributed by atoms with Gasteiger partial charge in [-0.15, -0.1) is 0 Å². The number of carbonyl (C=O) groups is 2. The van der Waals surface area contributed by atoms with Crippen LogP contribution in [0.4, 0.5) is 4.79 Å². The summed E-state index contributed by atoms with van der Waals surface area (Å²) < 4.78 is 5.10. The Labute approximate surface area is 123 Å². The van der Waals surface area contributed by atoms with Gasteiger partial charge < -0.3 is 20.1 Å². The van der Waals surface area contributed by atoms with Gasteiger partial charge >= 0.3 is 6.09 Å². The highest BCUT2D eigenvalue weighted by atomic mass is 16.5. The molecule has 1 atom stereocenters. The lowest BCUT2D eigenvalue weighted by Crippen LogP contribution is -2.60. The second kappa shape index (κ2) is 6.03. The lowest BCUT2D eigenvalue weighted by molar-refractivity contribution is -0.141. The van der Waals surface area contributed by atoms with E-state index in [0.717, 1.165) is 17.7 Å². The number of nitrogens with zero attached hydrogens (tertiary/aromatic N) is 1. The van der Waals surface area contributed by atoms with Gasteiger partial charge in [0.25, 0.3) is 0 Å². The van der Waals surface area contributed by atoms with Crippen LogP contribution in [0.25, 0.3) is 0 Å². The van der Waals surface area contributed by atoms with Gasteiger partial charge in [0.05, 0.1) is 7.11 Å². The number of nitrogens with one attached hydrogen (secondary N) is 1. The number of benzene rings is 1. The molecule has 2 N–H and O–H groups in total. The van der Waals surface area contributed by atoms with Crippen LogP contribution in [0.1, 0.15) is 25.3 Å². The highest BCUT2D eigenvalue weighted by Gasteiger charge is 2.40. The molecule has 1 heterocycles. The lowest BCUT2D eigenvalue weighted by Gasteiger charge is -2.39. The fourth-order valence-corrected chi connectivity index (χ4v) is 2.64. The molecule has 6 nitrogen and oxygen atoms in total. The molecule has 6 heteroatoms. The van der Waals surface area contributed by atoms with Crippen LogP contribution in [-0.2, 0) is 11.3 Å². The second-order valence-corrected chi connectivity index (χ2v) is 5.44. The Kier molecular flexibility index (Phi) is 4.35. The molecule has 0 aromatic heterocycles. The minimum absolute atomic E-state index is 0.174. The topological polar surface area (TPSA) is 78.9 Å². The van der Waals surface area contributed by atoms with Crippen LogP contribution >= 0.6 is 0 Å². The number of piperidine rings is 1. The van der Waals surface area contributed by atoms with Gasteiger partial charge in [0.15, 0.2) is 0 Å². The van der Waals surface area contributed by atoms with E-state index >= 15 is 0 Å². The van der Waals surface area contributed by atoms with Crippen LogP contribution in [0, 0.1) is 0 Å². The smallest absolute Gasteiger partial charge is 0.405 e. The van der Waals surface area contributed by atoms with Gasteiger partial charge in [-0.25, -0.2) is 4.79 Å². The van der Waals surface area contributed by atoms with Crippen molar-refractivity contribution in [2.45, 2.75) is 31.8 Å². The first kappa shape index (κ1) is 15.2. The monoisotopic (exact) mass is 292 g/mol. The Hall–Kier alpha value is -2.24. The summed E-state index contributed by atoms with van der Waals surface area (Å²) in [5, 5.41) is 11.2.